The Labute approximate surface area is 143 Å². The number of ether oxygens (including phenoxy) is 1. The first-order chi connectivity index (χ1) is 10.0. The quantitative estimate of drug-likeness (QED) is 0.690. The molecule has 0 unspecified atom stereocenters. The van der Waals surface area contributed by atoms with Gasteiger partial charge in [-0.25, -0.2) is 0 Å². The second-order valence-electron chi connectivity index (χ2n) is 5.23. The van der Waals surface area contributed by atoms with Gasteiger partial charge in [0.1, 0.15) is 11.5 Å². The van der Waals surface area contributed by atoms with Crippen molar-refractivity contribution in [3.8, 4) is 11.5 Å². The van der Waals surface area contributed by atoms with Crippen LogP contribution >= 0.6 is 31.9 Å². The van der Waals surface area contributed by atoms with Crippen LogP contribution in [0.15, 0.2) is 45.3 Å². The molecule has 0 spiro atoms. The fourth-order valence-corrected chi connectivity index (χ4v) is 3.08. The van der Waals surface area contributed by atoms with Crippen molar-refractivity contribution in [2.24, 2.45) is 5.73 Å². The summed E-state index contributed by atoms with van der Waals surface area (Å²) >= 11 is 7.09. The molecular formula is C17H19Br2NO. The van der Waals surface area contributed by atoms with Gasteiger partial charge >= 0.3 is 0 Å². The fraction of sp³-hybridized carbons (Fsp3) is 0.294. The first-order valence-electron chi connectivity index (χ1n) is 6.97. The van der Waals surface area contributed by atoms with E-state index in [1.54, 1.807) is 0 Å². The molecule has 0 radical (unpaired) electrons. The fourth-order valence-electron chi connectivity index (χ4n) is 2.14. The lowest BCUT2D eigenvalue weighted by Crippen LogP contribution is -2.03. The lowest BCUT2D eigenvalue weighted by molar-refractivity contribution is 0.472. The Morgan fingerprint density at radius 2 is 1.86 bits per heavy atom. The molecule has 0 heterocycles. The van der Waals surface area contributed by atoms with Gasteiger partial charge < -0.3 is 10.5 Å². The van der Waals surface area contributed by atoms with Crippen LogP contribution < -0.4 is 10.5 Å². The van der Waals surface area contributed by atoms with E-state index in [4.69, 9.17) is 10.5 Å². The van der Waals surface area contributed by atoms with Crippen LogP contribution in [0.1, 0.15) is 30.9 Å². The molecule has 0 saturated carbocycles. The van der Waals surface area contributed by atoms with Crippen LogP contribution in [0.3, 0.4) is 0 Å². The van der Waals surface area contributed by atoms with E-state index in [0.717, 1.165) is 26.9 Å². The van der Waals surface area contributed by atoms with Crippen LogP contribution in [0, 0.1) is 0 Å². The molecule has 0 amide bonds. The van der Waals surface area contributed by atoms with Gasteiger partial charge in [-0.3, -0.25) is 0 Å². The lowest BCUT2D eigenvalue weighted by atomic mass is 10.0. The number of halogens is 2. The highest BCUT2D eigenvalue weighted by atomic mass is 79.9. The number of rotatable bonds is 5. The summed E-state index contributed by atoms with van der Waals surface area (Å²) in [4.78, 5) is 0. The van der Waals surface area contributed by atoms with Crippen molar-refractivity contribution >= 4 is 31.9 Å². The van der Waals surface area contributed by atoms with Gasteiger partial charge in [0.15, 0.2) is 0 Å². The van der Waals surface area contributed by atoms with Gasteiger partial charge in [-0.2, -0.15) is 0 Å². The highest BCUT2D eigenvalue weighted by Crippen LogP contribution is 2.34. The molecule has 0 aliphatic rings. The minimum Gasteiger partial charge on any atom is -0.457 e. The minimum absolute atomic E-state index is 0.400. The molecule has 2 rings (SSSR count). The summed E-state index contributed by atoms with van der Waals surface area (Å²) in [5, 5.41) is 0. The molecule has 4 heteroatoms. The van der Waals surface area contributed by atoms with Crippen molar-refractivity contribution in [2.75, 3.05) is 6.54 Å². The monoisotopic (exact) mass is 411 g/mol. The van der Waals surface area contributed by atoms with Gasteiger partial charge in [0, 0.05) is 8.95 Å². The Hall–Kier alpha value is -0.840. The zero-order valence-electron chi connectivity index (χ0n) is 12.2. The molecule has 2 nitrogen and oxygen atoms in total. The average Bonchev–Trinajstić information content (AvgIpc) is 2.44. The molecule has 0 fully saturated rings. The highest BCUT2D eigenvalue weighted by molar-refractivity contribution is 9.10. The van der Waals surface area contributed by atoms with E-state index < -0.39 is 0 Å². The molecule has 0 aromatic heterocycles. The first kappa shape index (κ1) is 16.5. The largest absolute Gasteiger partial charge is 0.457 e. The predicted molar refractivity (Wildman–Crippen MR) is 95.2 cm³/mol. The lowest BCUT2D eigenvalue weighted by Gasteiger charge is -2.15. The highest BCUT2D eigenvalue weighted by Gasteiger charge is 2.10. The van der Waals surface area contributed by atoms with Gasteiger partial charge in [-0.15, -0.1) is 0 Å². The Kier molecular flexibility index (Phi) is 5.85. The van der Waals surface area contributed by atoms with E-state index >= 15 is 0 Å². The van der Waals surface area contributed by atoms with Crippen molar-refractivity contribution in [3.63, 3.8) is 0 Å². The van der Waals surface area contributed by atoms with E-state index in [1.807, 2.05) is 24.3 Å². The standard InChI is InChI=1S/C17H19Br2NO/c1-11(2)15-9-13(18)4-6-17(15)21-14-5-3-12(7-8-20)16(19)10-14/h3-6,9-11H,7-8,20H2,1-2H3. The summed E-state index contributed by atoms with van der Waals surface area (Å²) in [7, 11) is 0. The molecule has 2 aromatic carbocycles. The van der Waals surface area contributed by atoms with Gasteiger partial charge in [0.25, 0.3) is 0 Å². The molecule has 2 aromatic rings. The van der Waals surface area contributed by atoms with Gasteiger partial charge in [-0.1, -0.05) is 51.8 Å². The zero-order chi connectivity index (χ0) is 15.4. The minimum atomic E-state index is 0.400. The molecule has 0 aliphatic carbocycles. The van der Waals surface area contributed by atoms with Crippen LogP contribution in [0.2, 0.25) is 0 Å². The Balaban J connectivity index is 2.28. The summed E-state index contributed by atoms with van der Waals surface area (Å²) in [5.41, 5.74) is 7.99. The zero-order valence-corrected chi connectivity index (χ0v) is 15.4. The van der Waals surface area contributed by atoms with Crippen molar-refractivity contribution < 1.29 is 4.74 Å². The summed E-state index contributed by atoms with van der Waals surface area (Å²) in [5.74, 6) is 2.12. The number of benzene rings is 2. The second kappa shape index (κ2) is 7.43. The maximum Gasteiger partial charge on any atom is 0.130 e. The predicted octanol–water partition coefficient (Wildman–Crippen LogP) is 5.63. The second-order valence-corrected chi connectivity index (χ2v) is 7.00. The van der Waals surface area contributed by atoms with Crippen LogP contribution in [0.4, 0.5) is 0 Å². The average molecular weight is 413 g/mol. The number of hydrogen-bond acceptors (Lipinski definition) is 2. The van der Waals surface area contributed by atoms with Crippen LogP contribution in [0.5, 0.6) is 11.5 Å². The van der Waals surface area contributed by atoms with Crippen molar-refractivity contribution in [3.05, 3.63) is 56.5 Å². The molecule has 2 N–H and O–H groups in total. The maximum atomic E-state index is 6.06. The van der Waals surface area contributed by atoms with Crippen molar-refractivity contribution in [2.45, 2.75) is 26.2 Å². The Morgan fingerprint density at radius 3 is 2.48 bits per heavy atom. The van der Waals surface area contributed by atoms with E-state index in [2.05, 4.69) is 57.8 Å². The van der Waals surface area contributed by atoms with E-state index in [-0.39, 0.29) is 0 Å². The molecule has 112 valence electrons. The molecule has 0 bridgehead atoms. The normalized spacial score (nSPS) is 11.0. The van der Waals surface area contributed by atoms with Gasteiger partial charge in [0.05, 0.1) is 0 Å². The smallest absolute Gasteiger partial charge is 0.130 e. The third kappa shape index (κ3) is 4.31. The van der Waals surface area contributed by atoms with Gasteiger partial charge in [-0.05, 0) is 60.3 Å². The van der Waals surface area contributed by atoms with Gasteiger partial charge in [0.2, 0.25) is 0 Å². The summed E-state index contributed by atoms with van der Waals surface area (Å²) < 4.78 is 8.16. The molecule has 21 heavy (non-hydrogen) atoms. The topological polar surface area (TPSA) is 35.2 Å². The third-order valence-corrected chi connectivity index (χ3v) is 4.49. The molecule has 0 aliphatic heterocycles. The van der Waals surface area contributed by atoms with Crippen LogP contribution in [0.25, 0.3) is 0 Å². The summed E-state index contributed by atoms with van der Waals surface area (Å²) in [6, 6.07) is 12.2. The van der Waals surface area contributed by atoms with E-state index in [0.29, 0.717) is 12.5 Å². The first-order valence-corrected chi connectivity index (χ1v) is 8.55. The summed E-state index contributed by atoms with van der Waals surface area (Å²) in [6.45, 7) is 4.97. The molecular weight excluding hydrogens is 394 g/mol. The Bertz CT molecular complexity index is 626. The third-order valence-electron chi connectivity index (χ3n) is 3.26. The molecule has 0 saturated heterocycles. The van der Waals surface area contributed by atoms with Crippen LogP contribution in [-0.4, -0.2) is 6.54 Å². The van der Waals surface area contributed by atoms with Crippen molar-refractivity contribution in [1.29, 1.82) is 0 Å². The number of nitrogens with two attached hydrogens (primary N) is 1. The SMILES string of the molecule is CC(C)c1cc(Br)ccc1Oc1ccc(CCN)c(Br)c1. The number of hydrogen-bond donors (Lipinski definition) is 1. The Morgan fingerprint density at radius 1 is 1.10 bits per heavy atom. The maximum absolute atomic E-state index is 6.06. The van der Waals surface area contributed by atoms with Crippen molar-refractivity contribution in [1.82, 2.24) is 0 Å². The van der Waals surface area contributed by atoms with E-state index in [1.165, 1.54) is 11.1 Å². The van der Waals surface area contributed by atoms with E-state index in [9.17, 15) is 0 Å². The van der Waals surface area contributed by atoms with Crippen LogP contribution in [-0.2, 0) is 6.42 Å². The summed E-state index contributed by atoms with van der Waals surface area (Å²) in [6.07, 6.45) is 0.858. The molecule has 0 atom stereocenters.